The standard InChI is InChI=1S/C28H27F9O9S2/c1-40-16-12-19(42-3)23(20(13-16)43-4)47(18-10-8-7-9-11-18,24-21(44-5)14-17(41-2)15-22(24)45-6)46-48(38,39)28(36,37)26(31,32)25(29,30)27(33,34)35/h7-15H,1-6H3. The zero-order chi connectivity index (χ0) is 36.5. The van der Waals surface area contributed by atoms with Gasteiger partial charge in [-0.3, -0.25) is 0 Å². The molecule has 0 radical (unpaired) electrons. The molecule has 3 aromatic carbocycles. The summed E-state index contributed by atoms with van der Waals surface area (Å²) < 4.78 is 192. The Morgan fingerprint density at radius 1 is 0.521 bits per heavy atom. The molecular formula is C28H27F9O9S2. The fourth-order valence-corrected chi connectivity index (χ4v) is 9.90. The molecule has 0 heterocycles. The number of benzene rings is 3. The molecule has 0 N–H and O–H groups in total. The van der Waals surface area contributed by atoms with Gasteiger partial charge in [-0.2, -0.15) is 47.9 Å². The van der Waals surface area contributed by atoms with Crippen LogP contribution in [-0.2, 0) is 13.7 Å². The Labute approximate surface area is 270 Å². The van der Waals surface area contributed by atoms with Crippen LogP contribution in [0.15, 0.2) is 69.3 Å². The quantitative estimate of drug-likeness (QED) is 0.154. The monoisotopic (exact) mass is 742 g/mol. The van der Waals surface area contributed by atoms with Crippen molar-refractivity contribution in [3.63, 3.8) is 0 Å². The van der Waals surface area contributed by atoms with Crippen LogP contribution in [0.1, 0.15) is 0 Å². The van der Waals surface area contributed by atoms with Gasteiger partial charge in [0.1, 0.15) is 44.3 Å². The van der Waals surface area contributed by atoms with Crippen molar-refractivity contribution in [1.82, 2.24) is 0 Å². The maximum atomic E-state index is 15.5. The number of hydrogen-bond acceptors (Lipinski definition) is 9. The second-order valence-electron chi connectivity index (χ2n) is 9.28. The van der Waals surface area contributed by atoms with E-state index in [0.29, 0.717) is 0 Å². The Morgan fingerprint density at radius 2 is 0.875 bits per heavy atom. The summed E-state index contributed by atoms with van der Waals surface area (Å²) in [6, 6.07) is 10.2. The lowest BCUT2D eigenvalue weighted by atomic mass is 10.1. The molecule has 0 aliphatic rings. The van der Waals surface area contributed by atoms with E-state index in [0.717, 1.165) is 64.8 Å². The zero-order valence-corrected chi connectivity index (χ0v) is 27.2. The third-order valence-electron chi connectivity index (χ3n) is 6.61. The van der Waals surface area contributed by atoms with Crippen molar-refractivity contribution in [3.05, 3.63) is 54.6 Å². The molecule has 48 heavy (non-hydrogen) atoms. The minimum atomic E-state index is -7.62. The fraction of sp³-hybridized carbons (Fsp3) is 0.357. The number of methoxy groups -OCH3 is 6. The van der Waals surface area contributed by atoms with E-state index in [9.17, 15) is 39.2 Å². The van der Waals surface area contributed by atoms with Gasteiger partial charge in [0.2, 0.25) is 0 Å². The largest absolute Gasteiger partial charge is 0.496 e. The zero-order valence-electron chi connectivity index (χ0n) is 25.6. The van der Waals surface area contributed by atoms with Crippen LogP contribution in [0.25, 0.3) is 0 Å². The maximum absolute atomic E-state index is 15.5. The Balaban J connectivity index is 2.72. The highest BCUT2D eigenvalue weighted by Gasteiger charge is 2.86. The van der Waals surface area contributed by atoms with E-state index in [1.165, 1.54) is 32.4 Å². The van der Waals surface area contributed by atoms with Crippen LogP contribution in [-0.4, -0.2) is 74.4 Å². The van der Waals surface area contributed by atoms with Gasteiger partial charge in [-0.05, 0) is 22.4 Å². The molecule has 0 aromatic heterocycles. The van der Waals surface area contributed by atoms with Crippen molar-refractivity contribution >= 4 is 20.4 Å². The minimum Gasteiger partial charge on any atom is -0.496 e. The van der Waals surface area contributed by atoms with Crippen molar-refractivity contribution in [1.29, 1.82) is 0 Å². The summed E-state index contributed by atoms with van der Waals surface area (Å²) in [5, 5.41) is -7.26. The van der Waals surface area contributed by atoms with Gasteiger partial charge in [0.05, 0.1) is 42.7 Å². The molecule has 268 valence electrons. The van der Waals surface area contributed by atoms with Gasteiger partial charge >= 0.3 is 33.4 Å². The van der Waals surface area contributed by atoms with Crippen LogP contribution in [0.3, 0.4) is 0 Å². The Morgan fingerprint density at radius 3 is 1.17 bits per heavy atom. The molecule has 0 amide bonds. The van der Waals surface area contributed by atoms with Crippen molar-refractivity contribution < 1.29 is 80.0 Å². The number of halogens is 9. The first kappa shape index (κ1) is 38.5. The summed E-state index contributed by atoms with van der Waals surface area (Å²) in [5.74, 6) is -17.2. The molecule has 0 saturated heterocycles. The summed E-state index contributed by atoms with van der Waals surface area (Å²) in [7, 11) is -5.97. The summed E-state index contributed by atoms with van der Waals surface area (Å²) in [4.78, 5) is -1.75. The topological polar surface area (TPSA) is 98.8 Å². The third kappa shape index (κ3) is 6.08. The second-order valence-corrected chi connectivity index (χ2v) is 13.6. The molecule has 3 rings (SSSR count). The molecule has 0 bridgehead atoms. The van der Waals surface area contributed by atoms with E-state index in [-0.39, 0.29) is 11.5 Å². The van der Waals surface area contributed by atoms with Crippen LogP contribution in [0, 0.1) is 0 Å². The summed E-state index contributed by atoms with van der Waals surface area (Å²) in [5.41, 5.74) is 0. The van der Waals surface area contributed by atoms with Crippen LogP contribution < -0.4 is 28.4 Å². The van der Waals surface area contributed by atoms with Gasteiger partial charge in [0.15, 0.2) is 0 Å². The van der Waals surface area contributed by atoms with Crippen molar-refractivity contribution in [2.45, 2.75) is 38.0 Å². The molecular weight excluding hydrogens is 715 g/mol. The van der Waals surface area contributed by atoms with E-state index >= 15 is 8.78 Å². The normalized spacial score (nSPS) is 13.5. The van der Waals surface area contributed by atoms with E-state index in [2.05, 4.69) is 0 Å². The molecule has 0 saturated carbocycles. The first-order chi connectivity index (χ1) is 22.2. The van der Waals surface area contributed by atoms with Gasteiger partial charge in [0.25, 0.3) is 0 Å². The lowest BCUT2D eigenvalue weighted by molar-refractivity contribution is -0.382. The highest BCUT2D eigenvalue weighted by molar-refractivity contribution is 8.33. The fourth-order valence-electron chi connectivity index (χ4n) is 4.27. The van der Waals surface area contributed by atoms with Gasteiger partial charge < -0.3 is 28.4 Å². The molecule has 0 atom stereocenters. The molecule has 9 nitrogen and oxygen atoms in total. The van der Waals surface area contributed by atoms with E-state index in [1.807, 2.05) is 0 Å². The lowest BCUT2D eigenvalue weighted by Gasteiger charge is -2.43. The number of hydrogen-bond donors (Lipinski definition) is 0. The third-order valence-corrected chi connectivity index (χ3v) is 11.9. The van der Waals surface area contributed by atoms with Crippen molar-refractivity contribution in [2.75, 3.05) is 42.7 Å². The van der Waals surface area contributed by atoms with Crippen LogP contribution >= 0.6 is 10.3 Å². The van der Waals surface area contributed by atoms with E-state index < -0.39 is 81.4 Å². The second kappa shape index (κ2) is 13.5. The molecule has 0 aliphatic heterocycles. The predicted molar refractivity (Wildman–Crippen MR) is 152 cm³/mol. The first-order valence-electron chi connectivity index (χ1n) is 12.8. The molecule has 0 aliphatic carbocycles. The smallest absolute Gasteiger partial charge is 0.460 e. The molecule has 0 unspecified atom stereocenters. The van der Waals surface area contributed by atoms with Crippen molar-refractivity contribution in [2.24, 2.45) is 0 Å². The minimum absolute atomic E-state index is 0.0491. The molecule has 0 fully saturated rings. The first-order valence-corrected chi connectivity index (χ1v) is 15.8. The number of alkyl halides is 9. The highest BCUT2D eigenvalue weighted by atomic mass is 32.3. The summed E-state index contributed by atoms with van der Waals surface area (Å²) in [6.45, 7) is 0. The van der Waals surface area contributed by atoms with Crippen LogP contribution in [0.4, 0.5) is 39.5 Å². The van der Waals surface area contributed by atoms with Gasteiger partial charge in [0, 0.05) is 29.2 Å². The predicted octanol–water partition coefficient (Wildman–Crippen LogP) is 7.71. The van der Waals surface area contributed by atoms with Crippen LogP contribution in [0.5, 0.6) is 34.5 Å². The van der Waals surface area contributed by atoms with Crippen LogP contribution in [0.2, 0.25) is 0 Å². The Bertz CT molecular complexity index is 1610. The molecule has 3 aromatic rings. The van der Waals surface area contributed by atoms with E-state index in [1.54, 1.807) is 0 Å². The summed E-state index contributed by atoms with van der Waals surface area (Å²) >= 11 is 0. The van der Waals surface area contributed by atoms with Gasteiger partial charge in [-0.1, -0.05) is 18.2 Å². The number of rotatable bonds is 14. The summed E-state index contributed by atoms with van der Waals surface area (Å²) in [6.07, 6.45) is -7.33. The van der Waals surface area contributed by atoms with E-state index in [4.69, 9.17) is 32.1 Å². The highest BCUT2D eigenvalue weighted by Crippen LogP contribution is 2.78. The number of ether oxygens (including phenoxy) is 6. The Kier molecular flexibility index (Phi) is 10.9. The van der Waals surface area contributed by atoms with Crippen molar-refractivity contribution in [3.8, 4) is 34.5 Å². The van der Waals surface area contributed by atoms with Gasteiger partial charge in [-0.25, -0.2) is 3.63 Å². The lowest BCUT2D eigenvalue weighted by Crippen LogP contribution is -2.63. The average molecular weight is 743 g/mol. The van der Waals surface area contributed by atoms with Gasteiger partial charge in [-0.15, -0.1) is 0 Å². The molecule has 20 heteroatoms. The Hall–Kier alpha value is -3.91. The SMILES string of the molecule is COc1cc(OC)c(S(OS(=O)(=O)C(F)(F)C(F)(F)C(F)(F)C(F)(F)F)(c2ccccc2)c2c(OC)cc(OC)cc2OC)c(OC)c1. The maximum Gasteiger partial charge on any atom is 0.460 e. The average Bonchev–Trinajstić information content (AvgIpc) is 3.05. The molecule has 0 spiro atoms.